The largest absolute Gasteiger partial charge is 0.486 e. The van der Waals surface area contributed by atoms with E-state index < -0.39 is 6.10 Å². The summed E-state index contributed by atoms with van der Waals surface area (Å²) in [6.07, 6.45) is 1.36. The molecule has 1 aromatic rings. The molecular weight excluding hydrogens is 252 g/mol. The van der Waals surface area contributed by atoms with Gasteiger partial charge in [0.05, 0.1) is 11.1 Å². The molecule has 1 N–H and O–H groups in total. The van der Waals surface area contributed by atoms with Crippen LogP contribution in [0, 0.1) is 5.92 Å². The molecule has 3 nitrogen and oxygen atoms in total. The molecule has 0 bridgehead atoms. The minimum Gasteiger partial charge on any atom is -0.486 e. The zero-order chi connectivity index (χ0) is 13.1. The van der Waals surface area contributed by atoms with Crippen molar-refractivity contribution < 1.29 is 14.6 Å². The van der Waals surface area contributed by atoms with Crippen molar-refractivity contribution in [3.05, 3.63) is 22.7 Å². The lowest BCUT2D eigenvalue weighted by Crippen LogP contribution is -2.17. The van der Waals surface area contributed by atoms with Gasteiger partial charge in [0.25, 0.3) is 0 Å². The molecule has 0 radical (unpaired) electrons. The first-order valence-corrected chi connectivity index (χ1v) is 6.82. The summed E-state index contributed by atoms with van der Waals surface area (Å²) in [7, 11) is 0. The van der Waals surface area contributed by atoms with Crippen molar-refractivity contribution in [3.63, 3.8) is 0 Å². The summed E-state index contributed by atoms with van der Waals surface area (Å²) < 4.78 is 11.0. The van der Waals surface area contributed by atoms with Crippen molar-refractivity contribution in [2.75, 3.05) is 13.2 Å². The second kappa shape index (κ2) is 5.81. The van der Waals surface area contributed by atoms with Gasteiger partial charge in [-0.1, -0.05) is 38.3 Å². The van der Waals surface area contributed by atoms with Gasteiger partial charge < -0.3 is 14.6 Å². The first-order valence-electron chi connectivity index (χ1n) is 6.44. The van der Waals surface area contributed by atoms with Crippen LogP contribution in [0.15, 0.2) is 12.1 Å². The Balaban J connectivity index is 2.31. The summed E-state index contributed by atoms with van der Waals surface area (Å²) in [5.41, 5.74) is 0.804. The maximum Gasteiger partial charge on any atom is 0.179 e. The quantitative estimate of drug-likeness (QED) is 0.909. The van der Waals surface area contributed by atoms with Crippen LogP contribution < -0.4 is 9.47 Å². The number of ether oxygens (including phenoxy) is 2. The first-order chi connectivity index (χ1) is 8.67. The van der Waals surface area contributed by atoms with Gasteiger partial charge in [0.15, 0.2) is 11.5 Å². The smallest absolute Gasteiger partial charge is 0.179 e. The molecule has 100 valence electrons. The number of fused-ring (bicyclic) bond motifs is 1. The highest BCUT2D eigenvalue weighted by Gasteiger charge is 2.23. The number of aliphatic hydroxyl groups excluding tert-OH is 1. The van der Waals surface area contributed by atoms with E-state index in [1.165, 1.54) is 0 Å². The average molecular weight is 271 g/mol. The number of halogens is 1. The zero-order valence-corrected chi connectivity index (χ0v) is 11.5. The second-order valence-corrected chi connectivity index (χ2v) is 4.96. The molecule has 1 aliphatic heterocycles. The molecule has 0 saturated carbocycles. The summed E-state index contributed by atoms with van der Waals surface area (Å²) in [6, 6.07) is 3.61. The third-order valence-electron chi connectivity index (χ3n) is 3.46. The van der Waals surface area contributed by atoms with Crippen molar-refractivity contribution in [2.24, 2.45) is 5.92 Å². The molecule has 1 unspecified atom stereocenters. The maximum atomic E-state index is 10.4. The van der Waals surface area contributed by atoms with Gasteiger partial charge in [0.2, 0.25) is 0 Å². The van der Waals surface area contributed by atoms with Crippen molar-refractivity contribution in [1.29, 1.82) is 0 Å². The highest BCUT2D eigenvalue weighted by Crippen LogP contribution is 2.41. The molecule has 0 amide bonds. The molecule has 1 atom stereocenters. The number of benzene rings is 1. The third-order valence-corrected chi connectivity index (χ3v) is 3.74. The van der Waals surface area contributed by atoms with E-state index in [2.05, 4.69) is 13.8 Å². The van der Waals surface area contributed by atoms with E-state index in [1.54, 1.807) is 6.07 Å². The van der Waals surface area contributed by atoms with Crippen LogP contribution in [0.2, 0.25) is 5.02 Å². The standard InChI is InChI=1S/C14H19ClO3/c1-3-9(4-2)13(16)10-7-11(15)14-12(8-10)17-5-6-18-14/h7-9,13,16H,3-6H2,1-2H3. The van der Waals surface area contributed by atoms with E-state index >= 15 is 0 Å². The first kappa shape index (κ1) is 13.5. The summed E-state index contributed by atoms with van der Waals surface area (Å²) in [5.74, 6) is 1.46. The Morgan fingerprint density at radius 2 is 1.89 bits per heavy atom. The van der Waals surface area contributed by atoms with Crippen LogP contribution in [0.1, 0.15) is 38.4 Å². The Kier molecular flexibility index (Phi) is 4.36. The SMILES string of the molecule is CCC(CC)C(O)c1cc(Cl)c2c(c1)OCCO2. The van der Waals surface area contributed by atoms with Crippen molar-refractivity contribution in [3.8, 4) is 11.5 Å². The summed E-state index contributed by atoms with van der Waals surface area (Å²) >= 11 is 6.17. The number of hydrogen-bond acceptors (Lipinski definition) is 3. The number of rotatable bonds is 4. The summed E-state index contributed by atoms with van der Waals surface area (Å²) in [5, 5.41) is 10.9. The Morgan fingerprint density at radius 1 is 1.22 bits per heavy atom. The topological polar surface area (TPSA) is 38.7 Å². The summed E-state index contributed by atoms with van der Waals surface area (Å²) in [6.45, 7) is 5.20. The molecule has 0 aliphatic carbocycles. The minimum atomic E-state index is -0.506. The Hall–Kier alpha value is -0.930. The molecule has 1 heterocycles. The molecule has 0 saturated heterocycles. The van der Waals surface area contributed by atoms with E-state index in [-0.39, 0.29) is 5.92 Å². The number of hydrogen-bond donors (Lipinski definition) is 1. The second-order valence-electron chi connectivity index (χ2n) is 4.55. The maximum absolute atomic E-state index is 10.4. The third kappa shape index (κ3) is 2.57. The normalized spacial score (nSPS) is 15.8. The van der Waals surface area contributed by atoms with Crippen LogP contribution in [0.25, 0.3) is 0 Å². The van der Waals surface area contributed by atoms with E-state index in [0.29, 0.717) is 29.7 Å². The lowest BCUT2D eigenvalue weighted by molar-refractivity contribution is 0.102. The van der Waals surface area contributed by atoms with Gasteiger partial charge >= 0.3 is 0 Å². The van der Waals surface area contributed by atoms with Crippen LogP contribution in [-0.2, 0) is 0 Å². The Bertz CT molecular complexity index is 416. The van der Waals surface area contributed by atoms with E-state index in [1.807, 2.05) is 6.07 Å². The van der Waals surface area contributed by atoms with Crippen LogP contribution in [-0.4, -0.2) is 18.3 Å². The molecule has 2 rings (SSSR count). The van der Waals surface area contributed by atoms with Gasteiger partial charge in [-0.2, -0.15) is 0 Å². The molecule has 0 aromatic heterocycles. The fourth-order valence-electron chi connectivity index (χ4n) is 2.31. The zero-order valence-electron chi connectivity index (χ0n) is 10.8. The molecule has 0 fully saturated rings. The minimum absolute atomic E-state index is 0.239. The fraction of sp³-hybridized carbons (Fsp3) is 0.571. The Labute approximate surface area is 113 Å². The van der Waals surface area contributed by atoms with E-state index in [0.717, 1.165) is 18.4 Å². The monoisotopic (exact) mass is 270 g/mol. The van der Waals surface area contributed by atoms with E-state index in [9.17, 15) is 5.11 Å². The highest BCUT2D eigenvalue weighted by atomic mass is 35.5. The van der Waals surface area contributed by atoms with Gasteiger partial charge in [0, 0.05) is 0 Å². The van der Waals surface area contributed by atoms with Crippen molar-refractivity contribution >= 4 is 11.6 Å². The number of aliphatic hydroxyl groups is 1. The average Bonchev–Trinajstić information content (AvgIpc) is 2.40. The lowest BCUT2D eigenvalue weighted by atomic mass is 9.91. The molecule has 18 heavy (non-hydrogen) atoms. The molecule has 1 aliphatic rings. The fourth-order valence-corrected chi connectivity index (χ4v) is 2.58. The van der Waals surface area contributed by atoms with Crippen LogP contribution in [0.5, 0.6) is 11.5 Å². The lowest BCUT2D eigenvalue weighted by Gasteiger charge is -2.24. The molecule has 0 spiro atoms. The van der Waals surface area contributed by atoms with Crippen molar-refractivity contribution in [2.45, 2.75) is 32.8 Å². The van der Waals surface area contributed by atoms with Crippen LogP contribution in [0.3, 0.4) is 0 Å². The van der Waals surface area contributed by atoms with Gasteiger partial charge in [-0.05, 0) is 23.6 Å². The molecule has 4 heteroatoms. The highest BCUT2D eigenvalue weighted by molar-refractivity contribution is 6.32. The van der Waals surface area contributed by atoms with Gasteiger partial charge in [0.1, 0.15) is 13.2 Å². The predicted octanol–water partition coefficient (Wildman–Crippen LogP) is 3.58. The summed E-state index contributed by atoms with van der Waals surface area (Å²) in [4.78, 5) is 0. The van der Waals surface area contributed by atoms with Gasteiger partial charge in [-0.3, -0.25) is 0 Å². The molecule has 1 aromatic carbocycles. The van der Waals surface area contributed by atoms with Crippen LogP contribution in [0.4, 0.5) is 0 Å². The predicted molar refractivity (Wildman–Crippen MR) is 71.5 cm³/mol. The Morgan fingerprint density at radius 3 is 2.56 bits per heavy atom. The molecular formula is C14H19ClO3. The van der Waals surface area contributed by atoms with E-state index in [4.69, 9.17) is 21.1 Å². The van der Waals surface area contributed by atoms with Crippen LogP contribution >= 0.6 is 11.6 Å². The van der Waals surface area contributed by atoms with Gasteiger partial charge in [-0.15, -0.1) is 0 Å². The van der Waals surface area contributed by atoms with Gasteiger partial charge in [-0.25, -0.2) is 0 Å². The van der Waals surface area contributed by atoms with Crippen molar-refractivity contribution in [1.82, 2.24) is 0 Å².